The highest BCUT2D eigenvalue weighted by Crippen LogP contribution is 2.34. The molecule has 2 amide bonds. The minimum atomic E-state index is -0.161. The highest BCUT2D eigenvalue weighted by atomic mass is 32.2. The molecule has 0 aliphatic carbocycles. The number of anilines is 1. The van der Waals surface area contributed by atoms with Crippen LogP contribution in [0, 0.1) is 0 Å². The number of benzene rings is 3. The number of nitrogens with one attached hydrogen (secondary N) is 2. The summed E-state index contributed by atoms with van der Waals surface area (Å²) in [6, 6.07) is 22.9. The largest absolute Gasteiger partial charge is 0.454 e. The number of fused-ring (bicyclic) bond motifs is 1. The van der Waals surface area contributed by atoms with E-state index in [1.165, 1.54) is 17.3 Å². The second-order valence-corrected chi connectivity index (χ2v) is 9.32. The molecule has 0 fully saturated rings. The van der Waals surface area contributed by atoms with Gasteiger partial charge in [-0.2, -0.15) is 11.8 Å². The number of carbonyl (C=O) groups excluding carboxylic acids is 2. The Morgan fingerprint density at radius 3 is 2.58 bits per heavy atom. The van der Waals surface area contributed by atoms with Crippen LogP contribution in [-0.4, -0.2) is 36.7 Å². The Morgan fingerprint density at radius 1 is 0.909 bits per heavy atom. The van der Waals surface area contributed by atoms with Crippen molar-refractivity contribution in [1.29, 1.82) is 0 Å². The summed E-state index contributed by atoms with van der Waals surface area (Å²) in [6.45, 7) is 0.771. The Labute approximate surface area is 201 Å². The van der Waals surface area contributed by atoms with E-state index in [2.05, 4.69) is 22.8 Å². The summed E-state index contributed by atoms with van der Waals surface area (Å²) in [5.74, 6) is 2.92. The maximum atomic E-state index is 12.7. The number of hydrogen-bond acceptors (Lipinski definition) is 6. The highest BCUT2D eigenvalue weighted by molar-refractivity contribution is 8.00. The zero-order valence-electron chi connectivity index (χ0n) is 17.9. The molecule has 3 aromatic carbocycles. The molecule has 1 aliphatic heterocycles. The summed E-state index contributed by atoms with van der Waals surface area (Å²) in [4.78, 5) is 25.9. The number of amides is 2. The fraction of sp³-hybridized carbons (Fsp3) is 0.200. The first-order valence-electron chi connectivity index (χ1n) is 10.5. The van der Waals surface area contributed by atoms with Crippen LogP contribution in [0.15, 0.2) is 77.7 Å². The minimum Gasteiger partial charge on any atom is -0.454 e. The van der Waals surface area contributed by atoms with Crippen molar-refractivity contribution in [2.24, 2.45) is 0 Å². The molecule has 0 bridgehead atoms. The molecule has 0 spiro atoms. The van der Waals surface area contributed by atoms with Crippen molar-refractivity contribution in [2.75, 3.05) is 30.2 Å². The van der Waals surface area contributed by atoms with Crippen LogP contribution in [0.3, 0.4) is 0 Å². The molecule has 3 aromatic rings. The second kappa shape index (κ2) is 11.7. The molecular weight excluding hydrogens is 456 g/mol. The summed E-state index contributed by atoms with van der Waals surface area (Å²) in [6.07, 6.45) is 0. The van der Waals surface area contributed by atoms with Gasteiger partial charge in [-0.3, -0.25) is 9.59 Å². The summed E-state index contributed by atoms with van der Waals surface area (Å²) >= 11 is 3.12. The fourth-order valence-electron chi connectivity index (χ4n) is 3.19. The van der Waals surface area contributed by atoms with E-state index in [0.717, 1.165) is 16.4 Å². The van der Waals surface area contributed by atoms with Gasteiger partial charge < -0.3 is 20.1 Å². The first-order chi connectivity index (χ1) is 16.2. The summed E-state index contributed by atoms with van der Waals surface area (Å²) in [7, 11) is 0. The number of thioether (sulfide) groups is 2. The Balaban J connectivity index is 1.23. The molecule has 6 nitrogen and oxygen atoms in total. The molecule has 1 aliphatic rings. The minimum absolute atomic E-state index is 0.130. The normalized spacial score (nSPS) is 11.8. The monoisotopic (exact) mass is 480 g/mol. The van der Waals surface area contributed by atoms with Crippen molar-refractivity contribution < 1.29 is 19.1 Å². The van der Waals surface area contributed by atoms with Gasteiger partial charge in [-0.25, -0.2) is 0 Å². The fourth-order valence-corrected chi connectivity index (χ4v) is 4.86. The van der Waals surface area contributed by atoms with Crippen LogP contribution in [0.1, 0.15) is 15.9 Å². The maximum absolute atomic E-state index is 12.7. The molecule has 1 heterocycles. The Kier molecular flexibility index (Phi) is 8.16. The van der Waals surface area contributed by atoms with Gasteiger partial charge >= 0.3 is 0 Å². The summed E-state index contributed by atoms with van der Waals surface area (Å²) in [5.41, 5.74) is 2.49. The third kappa shape index (κ3) is 6.69. The van der Waals surface area contributed by atoms with E-state index in [9.17, 15) is 9.59 Å². The first kappa shape index (κ1) is 23.1. The first-order valence-corrected chi connectivity index (χ1v) is 12.6. The number of hydrogen-bond donors (Lipinski definition) is 2. The van der Waals surface area contributed by atoms with Crippen molar-refractivity contribution in [3.05, 3.63) is 83.9 Å². The van der Waals surface area contributed by atoms with Crippen LogP contribution in [-0.2, 0) is 10.5 Å². The van der Waals surface area contributed by atoms with Crippen molar-refractivity contribution >= 4 is 41.0 Å². The van der Waals surface area contributed by atoms with Gasteiger partial charge in [-0.05, 0) is 29.8 Å². The van der Waals surface area contributed by atoms with Gasteiger partial charge in [0, 0.05) is 34.7 Å². The van der Waals surface area contributed by atoms with Crippen LogP contribution in [0.2, 0.25) is 0 Å². The lowest BCUT2D eigenvalue weighted by molar-refractivity contribution is -0.113. The molecule has 170 valence electrons. The SMILES string of the molecule is O=C(CSc1ccccc1C(=O)NCCSCc1ccccc1)Nc1ccc2c(c1)OCO2. The van der Waals surface area contributed by atoms with Gasteiger partial charge in [0.15, 0.2) is 11.5 Å². The lowest BCUT2D eigenvalue weighted by Gasteiger charge is -2.10. The predicted octanol–water partition coefficient (Wildman–Crippen LogP) is 4.81. The molecule has 4 rings (SSSR count). The zero-order chi connectivity index (χ0) is 22.9. The van der Waals surface area contributed by atoms with Crippen molar-refractivity contribution in [2.45, 2.75) is 10.6 Å². The molecule has 0 saturated heterocycles. The lowest BCUT2D eigenvalue weighted by Crippen LogP contribution is -2.26. The number of ether oxygens (including phenoxy) is 2. The van der Waals surface area contributed by atoms with E-state index in [0.29, 0.717) is 29.3 Å². The Hall–Kier alpha value is -3.10. The van der Waals surface area contributed by atoms with Crippen LogP contribution < -0.4 is 20.1 Å². The van der Waals surface area contributed by atoms with Gasteiger partial charge in [-0.1, -0.05) is 42.5 Å². The van der Waals surface area contributed by atoms with E-state index in [1.54, 1.807) is 36.0 Å². The molecule has 2 N–H and O–H groups in total. The Morgan fingerprint density at radius 2 is 1.70 bits per heavy atom. The van der Waals surface area contributed by atoms with Gasteiger partial charge in [0.25, 0.3) is 5.91 Å². The molecule has 0 aromatic heterocycles. The smallest absolute Gasteiger partial charge is 0.252 e. The highest BCUT2D eigenvalue weighted by Gasteiger charge is 2.15. The average molecular weight is 481 g/mol. The number of rotatable bonds is 10. The lowest BCUT2D eigenvalue weighted by atomic mass is 10.2. The van der Waals surface area contributed by atoms with Gasteiger partial charge in [0.05, 0.1) is 11.3 Å². The van der Waals surface area contributed by atoms with Gasteiger partial charge in [0.2, 0.25) is 12.7 Å². The van der Waals surface area contributed by atoms with Crippen LogP contribution in [0.4, 0.5) is 5.69 Å². The number of carbonyl (C=O) groups is 2. The molecule has 0 saturated carbocycles. The summed E-state index contributed by atoms with van der Waals surface area (Å²) in [5, 5.41) is 5.83. The average Bonchev–Trinajstić information content (AvgIpc) is 3.31. The molecule has 33 heavy (non-hydrogen) atoms. The van der Waals surface area contributed by atoms with Crippen molar-refractivity contribution in [1.82, 2.24) is 5.32 Å². The summed E-state index contributed by atoms with van der Waals surface area (Å²) < 4.78 is 10.6. The standard InChI is InChI=1S/C25H24N2O4S2/c28-24(27-19-10-11-21-22(14-19)31-17-30-21)16-33-23-9-5-4-8-20(23)25(29)26-12-13-32-15-18-6-2-1-3-7-18/h1-11,14H,12-13,15-17H2,(H,26,29)(H,27,28). The van der Waals surface area contributed by atoms with E-state index in [-0.39, 0.29) is 24.4 Å². The predicted molar refractivity (Wildman–Crippen MR) is 133 cm³/mol. The van der Waals surface area contributed by atoms with E-state index >= 15 is 0 Å². The Bertz CT molecular complexity index is 1110. The molecule has 0 atom stereocenters. The van der Waals surface area contributed by atoms with Gasteiger partial charge in [-0.15, -0.1) is 11.8 Å². The van der Waals surface area contributed by atoms with Crippen molar-refractivity contribution in [3.8, 4) is 11.5 Å². The quantitative estimate of drug-likeness (QED) is 0.320. The van der Waals surface area contributed by atoms with E-state index in [1.807, 2.05) is 36.4 Å². The second-order valence-electron chi connectivity index (χ2n) is 7.20. The molecule has 0 radical (unpaired) electrons. The van der Waals surface area contributed by atoms with Crippen LogP contribution in [0.5, 0.6) is 11.5 Å². The third-order valence-electron chi connectivity index (χ3n) is 4.79. The zero-order valence-corrected chi connectivity index (χ0v) is 19.5. The van der Waals surface area contributed by atoms with Crippen LogP contribution in [0.25, 0.3) is 0 Å². The topological polar surface area (TPSA) is 76.7 Å². The van der Waals surface area contributed by atoms with Crippen molar-refractivity contribution in [3.63, 3.8) is 0 Å². The molecular formula is C25H24N2O4S2. The van der Waals surface area contributed by atoms with Crippen LogP contribution >= 0.6 is 23.5 Å². The van der Waals surface area contributed by atoms with E-state index < -0.39 is 0 Å². The molecule has 8 heteroatoms. The van der Waals surface area contributed by atoms with E-state index in [4.69, 9.17) is 9.47 Å². The molecule has 0 unspecified atom stereocenters. The van der Waals surface area contributed by atoms with Gasteiger partial charge in [0.1, 0.15) is 0 Å². The maximum Gasteiger partial charge on any atom is 0.252 e. The third-order valence-corrected chi connectivity index (χ3v) is 6.89.